The number of primary amides is 1. The smallest absolute Gasteiger partial charge is 0.312 e. The maximum absolute atomic E-state index is 11.1. The number of rotatable bonds is 5. The van der Waals surface area contributed by atoms with Crippen molar-refractivity contribution in [3.63, 3.8) is 0 Å². The molecule has 4 fully saturated rings. The van der Waals surface area contributed by atoms with Crippen molar-refractivity contribution < 1.29 is 4.79 Å². The summed E-state index contributed by atoms with van der Waals surface area (Å²) < 4.78 is 0. The van der Waals surface area contributed by atoms with Gasteiger partial charge < -0.3 is 11.1 Å². The van der Waals surface area contributed by atoms with Gasteiger partial charge in [-0.3, -0.25) is 0 Å². The fourth-order valence-electron chi connectivity index (χ4n) is 9.62. The summed E-state index contributed by atoms with van der Waals surface area (Å²) >= 11 is 0. The minimum atomic E-state index is -0.378. The molecule has 9 atom stereocenters. The van der Waals surface area contributed by atoms with Crippen molar-refractivity contribution in [2.24, 2.45) is 58.0 Å². The monoisotopic (exact) mass is 402 g/mol. The maximum atomic E-state index is 11.1. The summed E-state index contributed by atoms with van der Waals surface area (Å²) in [5.41, 5.74) is 6.42. The van der Waals surface area contributed by atoms with Crippen molar-refractivity contribution in [1.82, 2.24) is 5.32 Å². The average molecular weight is 403 g/mol. The van der Waals surface area contributed by atoms with E-state index in [4.69, 9.17) is 5.73 Å². The second-order valence-corrected chi connectivity index (χ2v) is 11.9. The zero-order chi connectivity index (χ0) is 20.8. The van der Waals surface area contributed by atoms with Gasteiger partial charge in [-0.15, -0.1) is 0 Å². The highest BCUT2D eigenvalue weighted by atomic mass is 16.2. The summed E-state index contributed by atoms with van der Waals surface area (Å²) in [5.74, 6) is 6.37. The Hall–Kier alpha value is -0.730. The standard InChI is InChI=1S/C26H46N2O/c1-5-18-16-19-22-10-9-20(17(2)12-15-28-24(27)29)26(22,4)14-11-23(19)25(3)13-7-6-8-21(18)25/h17-23H,5-16H2,1-4H3,(H3,27,28,29)/t17-,18+,19?,20?,21?,22?,23+,25?,26?/m1/s1. The van der Waals surface area contributed by atoms with Gasteiger partial charge in [-0.25, -0.2) is 4.79 Å². The largest absolute Gasteiger partial charge is 0.352 e. The first kappa shape index (κ1) is 21.5. The molecule has 3 heteroatoms. The Labute approximate surface area is 179 Å². The van der Waals surface area contributed by atoms with E-state index in [2.05, 4.69) is 33.0 Å². The zero-order valence-electron chi connectivity index (χ0n) is 19.5. The summed E-state index contributed by atoms with van der Waals surface area (Å²) in [7, 11) is 0. The molecule has 29 heavy (non-hydrogen) atoms. The highest BCUT2D eigenvalue weighted by molar-refractivity contribution is 5.71. The van der Waals surface area contributed by atoms with Crippen LogP contribution in [-0.2, 0) is 0 Å². The molecule has 0 spiro atoms. The minimum absolute atomic E-state index is 0.378. The highest BCUT2D eigenvalue weighted by Crippen LogP contribution is 2.69. The van der Waals surface area contributed by atoms with Crippen LogP contribution < -0.4 is 11.1 Å². The lowest BCUT2D eigenvalue weighted by Crippen LogP contribution is -2.55. The highest BCUT2D eigenvalue weighted by Gasteiger charge is 2.61. The van der Waals surface area contributed by atoms with Crippen LogP contribution in [0.4, 0.5) is 4.79 Å². The quantitative estimate of drug-likeness (QED) is 0.552. The molecule has 4 rings (SSSR count). The molecule has 4 aliphatic carbocycles. The second kappa shape index (κ2) is 8.08. The van der Waals surface area contributed by atoms with E-state index < -0.39 is 0 Å². The van der Waals surface area contributed by atoms with Crippen LogP contribution in [0.5, 0.6) is 0 Å². The van der Waals surface area contributed by atoms with Gasteiger partial charge in [0.2, 0.25) is 0 Å². The second-order valence-electron chi connectivity index (χ2n) is 11.9. The third-order valence-electron chi connectivity index (χ3n) is 10.9. The molecule has 4 aliphatic rings. The molecule has 0 aliphatic heterocycles. The van der Waals surface area contributed by atoms with Gasteiger partial charge in [0.15, 0.2) is 0 Å². The molecule has 0 bridgehead atoms. The number of carbonyl (C=O) groups is 1. The van der Waals surface area contributed by atoms with E-state index in [1.165, 1.54) is 64.2 Å². The minimum Gasteiger partial charge on any atom is -0.352 e. The molecule has 0 aromatic carbocycles. The predicted molar refractivity (Wildman–Crippen MR) is 120 cm³/mol. The zero-order valence-corrected chi connectivity index (χ0v) is 19.5. The van der Waals surface area contributed by atoms with E-state index >= 15 is 0 Å². The number of fused-ring (bicyclic) bond motifs is 5. The summed E-state index contributed by atoms with van der Waals surface area (Å²) in [6.45, 7) is 11.0. The van der Waals surface area contributed by atoms with Gasteiger partial charge in [0.05, 0.1) is 0 Å². The molecular formula is C26H46N2O. The Bertz CT molecular complexity index is 606. The number of nitrogens with two attached hydrogens (primary N) is 1. The lowest BCUT2D eigenvalue weighted by atomic mass is 9.42. The molecule has 0 aromatic rings. The lowest BCUT2D eigenvalue weighted by molar-refractivity contribution is -0.138. The Balaban J connectivity index is 1.52. The maximum Gasteiger partial charge on any atom is 0.312 e. The Kier molecular flexibility index (Phi) is 5.99. The molecule has 3 nitrogen and oxygen atoms in total. The number of carbonyl (C=O) groups excluding carboxylic acids is 1. The van der Waals surface area contributed by atoms with Crippen molar-refractivity contribution in [3.05, 3.63) is 0 Å². The number of amides is 2. The molecule has 0 heterocycles. The van der Waals surface area contributed by atoms with E-state index in [0.29, 0.717) is 16.7 Å². The van der Waals surface area contributed by atoms with Crippen molar-refractivity contribution in [2.75, 3.05) is 6.54 Å². The topological polar surface area (TPSA) is 55.1 Å². The Morgan fingerprint density at radius 2 is 1.79 bits per heavy atom. The molecule has 3 N–H and O–H groups in total. The lowest BCUT2D eigenvalue weighted by Gasteiger charge is -2.63. The van der Waals surface area contributed by atoms with Crippen LogP contribution in [0.15, 0.2) is 0 Å². The first-order valence-corrected chi connectivity index (χ1v) is 12.8. The van der Waals surface area contributed by atoms with Gasteiger partial charge in [0.25, 0.3) is 0 Å². The Morgan fingerprint density at radius 1 is 1.03 bits per heavy atom. The molecule has 2 amide bonds. The SMILES string of the molecule is CC[C@H]1CC2C3CCC([C@H](C)CCNC(N)=O)C3(C)CC[C@@H]2C2(C)CCCCC12. The van der Waals surface area contributed by atoms with Gasteiger partial charge in [0, 0.05) is 6.54 Å². The summed E-state index contributed by atoms with van der Waals surface area (Å²) in [4.78, 5) is 11.1. The molecule has 6 unspecified atom stereocenters. The molecule has 0 aromatic heterocycles. The average Bonchev–Trinajstić information content (AvgIpc) is 3.04. The molecular weight excluding hydrogens is 356 g/mol. The van der Waals surface area contributed by atoms with Crippen molar-refractivity contribution in [1.29, 1.82) is 0 Å². The number of urea groups is 1. The fourth-order valence-corrected chi connectivity index (χ4v) is 9.62. The van der Waals surface area contributed by atoms with Crippen molar-refractivity contribution in [2.45, 2.75) is 98.3 Å². The third kappa shape index (κ3) is 3.53. The van der Waals surface area contributed by atoms with Gasteiger partial charge in [-0.2, -0.15) is 0 Å². The van der Waals surface area contributed by atoms with Crippen LogP contribution >= 0.6 is 0 Å². The number of nitrogens with one attached hydrogen (secondary N) is 1. The number of hydrogen-bond donors (Lipinski definition) is 2. The van der Waals surface area contributed by atoms with Crippen LogP contribution in [0.25, 0.3) is 0 Å². The van der Waals surface area contributed by atoms with Crippen LogP contribution in [0.3, 0.4) is 0 Å². The summed E-state index contributed by atoms with van der Waals surface area (Å²) in [5, 5.41) is 2.82. The Morgan fingerprint density at radius 3 is 2.52 bits per heavy atom. The van der Waals surface area contributed by atoms with E-state index in [1.807, 2.05) is 0 Å². The van der Waals surface area contributed by atoms with Gasteiger partial charge in [-0.1, -0.05) is 47.0 Å². The molecule has 0 radical (unpaired) electrons. The molecule has 4 saturated carbocycles. The summed E-state index contributed by atoms with van der Waals surface area (Å²) in [6.07, 6.45) is 15.7. The fraction of sp³-hybridized carbons (Fsp3) is 0.962. The first-order valence-electron chi connectivity index (χ1n) is 12.8. The van der Waals surface area contributed by atoms with Crippen LogP contribution in [0.1, 0.15) is 98.3 Å². The van der Waals surface area contributed by atoms with E-state index in [-0.39, 0.29) is 6.03 Å². The number of hydrogen-bond acceptors (Lipinski definition) is 1. The van der Waals surface area contributed by atoms with Crippen molar-refractivity contribution in [3.8, 4) is 0 Å². The van der Waals surface area contributed by atoms with Gasteiger partial charge in [-0.05, 0) is 104 Å². The molecule has 166 valence electrons. The summed E-state index contributed by atoms with van der Waals surface area (Å²) in [6, 6.07) is -0.378. The van der Waals surface area contributed by atoms with E-state index in [9.17, 15) is 4.79 Å². The normalized spacial score (nSPS) is 47.6. The van der Waals surface area contributed by atoms with Crippen LogP contribution in [0.2, 0.25) is 0 Å². The third-order valence-corrected chi connectivity index (χ3v) is 10.9. The van der Waals surface area contributed by atoms with Gasteiger partial charge in [0.1, 0.15) is 0 Å². The van der Waals surface area contributed by atoms with Crippen LogP contribution in [0, 0.1) is 52.3 Å². The molecule has 0 saturated heterocycles. The van der Waals surface area contributed by atoms with Crippen LogP contribution in [-0.4, -0.2) is 12.6 Å². The van der Waals surface area contributed by atoms with Gasteiger partial charge >= 0.3 is 6.03 Å². The van der Waals surface area contributed by atoms with Crippen molar-refractivity contribution >= 4 is 6.03 Å². The first-order chi connectivity index (χ1) is 13.8. The van der Waals surface area contributed by atoms with E-state index in [1.54, 1.807) is 0 Å². The predicted octanol–water partition coefficient (Wildman–Crippen LogP) is 6.37. The van der Waals surface area contributed by atoms with E-state index in [0.717, 1.165) is 48.5 Å².